The van der Waals surface area contributed by atoms with Gasteiger partial charge in [0.25, 0.3) is 0 Å². The van der Waals surface area contributed by atoms with Crippen LogP contribution >= 0.6 is 0 Å². The van der Waals surface area contributed by atoms with Gasteiger partial charge in [0.2, 0.25) is 0 Å². The van der Waals surface area contributed by atoms with Crippen molar-refractivity contribution in [1.29, 1.82) is 0 Å². The Kier molecular flexibility index (Phi) is 16.0. The Morgan fingerprint density at radius 3 is 1.86 bits per heavy atom. The van der Waals surface area contributed by atoms with E-state index in [-0.39, 0.29) is 30.9 Å². The number of unbranched alkanes of at least 4 members (excludes halogenated alkanes) is 1. The predicted molar refractivity (Wildman–Crippen MR) is 107 cm³/mol. The van der Waals surface area contributed by atoms with Crippen molar-refractivity contribution in [3.05, 3.63) is 0 Å². The lowest BCUT2D eigenvalue weighted by Gasteiger charge is -2.19. The van der Waals surface area contributed by atoms with Crippen LogP contribution in [0.5, 0.6) is 0 Å². The zero-order valence-electron chi connectivity index (χ0n) is 18.4. The smallest absolute Gasteiger partial charge is 0.308 e. The second kappa shape index (κ2) is 16.7. The molecule has 0 aliphatic rings. The van der Waals surface area contributed by atoms with E-state index >= 15 is 0 Å². The van der Waals surface area contributed by atoms with E-state index in [1.54, 1.807) is 0 Å². The van der Waals surface area contributed by atoms with E-state index in [0.717, 1.165) is 25.7 Å². The molecular formula is C21H40O7. The maximum atomic E-state index is 11.9. The summed E-state index contributed by atoms with van der Waals surface area (Å²) in [7, 11) is 0. The topological polar surface area (TPSA) is 80.3 Å². The van der Waals surface area contributed by atoms with E-state index in [1.165, 1.54) is 0 Å². The molecule has 0 saturated carbocycles. The number of ether oxygens (including phenoxy) is 5. The predicted octanol–water partition coefficient (Wildman–Crippen LogP) is 3.53. The van der Waals surface area contributed by atoms with Crippen LogP contribution in [0.2, 0.25) is 0 Å². The number of esters is 2. The molecule has 0 aliphatic heterocycles. The molecule has 166 valence electrons. The van der Waals surface area contributed by atoms with Crippen LogP contribution in [0.1, 0.15) is 66.7 Å². The van der Waals surface area contributed by atoms with Crippen molar-refractivity contribution in [2.45, 2.75) is 72.3 Å². The quantitative estimate of drug-likeness (QED) is 0.271. The molecule has 7 nitrogen and oxygen atoms in total. The standard InChI is InChI=1S/C21H40O7/c1-6-8-9-18(7-2)20(23)27-17-16-26-15-14-25-13-12-24-11-10-19(22)28-21(3,4)5/h18H,6-17H2,1-5H3. The third-order valence-corrected chi connectivity index (χ3v) is 3.82. The van der Waals surface area contributed by atoms with Crippen molar-refractivity contribution >= 4 is 11.9 Å². The van der Waals surface area contributed by atoms with E-state index in [2.05, 4.69) is 6.92 Å². The molecule has 0 rings (SSSR count). The van der Waals surface area contributed by atoms with E-state index in [9.17, 15) is 9.59 Å². The molecule has 0 aromatic rings. The first kappa shape index (κ1) is 26.8. The number of carbonyl (C=O) groups excluding carboxylic acids is 2. The van der Waals surface area contributed by atoms with Crippen molar-refractivity contribution in [3.8, 4) is 0 Å². The van der Waals surface area contributed by atoms with Crippen molar-refractivity contribution < 1.29 is 33.3 Å². The molecule has 0 heterocycles. The maximum Gasteiger partial charge on any atom is 0.308 e. The molecule has 0 aromatic carbocycles. The second-order valence-corrected chi connectivity index (χ2v) is 7.59. The van der Waals surface area contributed by atoms with Gasteiger partial charge in [-0.25, -0.2) is 0 Å². The number of rotatable bonds is 17. The Morgan fingerprint density at radius 2 is 1.36 bits per heavy atom. The van der Waals surface area contributed by atoms with Gasteiger partial charge in [0.1, 0.15) is 12.2 Å². The Labute approximate surface area is 170 Å². The largest absolute Gasteiger partial charge is 0.463 e. The minimum absolute atomic E-state index is 0.00129. The van der Waals surface area contributed by atoms with Gasteiger partial charge in [-0.1, -0.05) is 26.7 Å². The first-order valence-corrected chi connectivity index (χ1v) is 10.4. The van der Waals surface area contributed by atoms with E-state index in [1.807, 2.05) is 27.7 Å². The lowest BCUT2D eigenvalue weighted by molar-refractivity contribution is -0.156. The zero-order valence-corrected chi connectivity index (χ0v) is 18.4. The summed E-state index contributed by atoms with van der Waals surface area (Å²) in [5.74, 6) is -0.393. The fourth-order valence-electron chi connectivity index (χ4n) is 2.35. The molecule has 1 atom stereocenters. The molecular weight excluding hydrogens is 364 g/mol. The van der Waals surface area contributed by atoms with Crippen LogP contribution < -0.4 is 0 Å². The molecule has 28 heavy (non-hydrogen) atoms. The van der Waals surface area contributed by atoms with Gasteiger partial charge in [0, 0.05) is 0 Å². The van der Waals surface area contributed by atoms with Crippen molar-refractivity contribution in [3.63, 3.8) is 0 Å². The maximum absolute atomic E-state index is 11.9. The van der Waals surface area contributed by atoms with Gasteiger partial charge >= 0.3 is 11.9 Å². The van der Waals surface area contributed by atoms with Gasteiger partial charge in [-0.2, -0.15) is 0 Å². The molecule has 0 radical (unpaired) electrons. The second-order valence-electron chi connectivity index (χ2n) is 7.59. The molecule has 0 spiro atoms. The van der Waals surface area contributed by atoms with E-state index in [0.29, 0.717) is 39.6 Å². The number of hydrogen-bond acceptors (Lipinski definition) is 7. The first-order valence-electron chi connectivity index (χ1n) is 10.4. The van der Waals surface area contributed by atoms with Crippen LogP contribution in [0.25, 0.3) is 0 Å². The third kappa shape index (κ3) is 17.0. The highest BCUT2D eigenvalue weighted by atomic mass is 16.6. The van der Waals surface area contributed by atoms with Gasteiger partial charge < -0.3 is 23.7 Å². The molecule has 0 N–H and O–H groups in total. The van der Waals surface area contributed by atoms with Gasteiger partial charge in [-0.05, 0) is 33.6 Å². The van der Waals surface area contributed by atoms with Crippen molar-refractivity contribution in [2.24, 2.45) is 5.92 Å². The minimum Gasteiger partial charge on any atom is -0.463 e. The minimum atomic E-state index is -0.467. The zero-order chi connectivity index (χ0) is 21.3. The SMILES string of the molecule is CCCCC(CC)C(=O)OCCOCCOCCOCCC(=O)OC(C)(C)C. The third-order valence-electron chi connectivity index (χ3n) is 3.82. The van der Waals surface area contributed by atoms with Crippen LogP contribution in [0.3, 0.4) is 0 Å². The molecule has 0 fully saturated rings. The summed E-state index contributed by atoms with van der Waals surface area (Å²) in [6.07, 6.45) is 4.07. The Bertz CT molecular complexity index is 404. The number of hydrogen-bond donors (Lipinski definition) is 0. The van der Waals surface area contributed by atoms with Gasteiger partial charge in [-0.3, -0.25) is 9.59 Å². The average molecular weight is 405 g/mol. The Balaban J connectivity index is 3.42. The fourth-order valence-corrected chi connectivity index (χ4v) is 2.35. The van der Waals surface area contributed by atoms with Crippen molar-refractivity contribution in [1.82, 2.24) is 0 Å². The molecule has 0 amide bonds. The first-order chi connectivity index (χ1) is 13.3. The summed E-state index contributed by atoms with van der Waals surface area (Å²) in [4.78, 5) is 23.4. The van der Waals surface area contributed by atoms with Gasteiger partial charge in [0.15, 0.2) is 0 Å². The summed E-state index contributed by atoms with van der Waals surface area (Å²) >= 11 is 0. The van der Waals surface area contributed by atoms with Gasteiger partial charge in [0.05, 0.1) is 52.0 Å². The van der Waals surface area contributed by atoms with Crippen LogP contribution in [0, 0.1) is 5.92 Å². The normalized spacial score (nSPS) is 12.6. The molecule has 0 aromatic heterocycles. The fraction of sp³-hybridized carbons (Fsp3) is 0.905. The average Bonchev–Trinajstić information content (AvgIpc) is 2.61. The highest BCUT2D eigenvalue weighted by Crippen LogP contribution is 2.14. The van der Waals surface area contributed by atoms with E-state index in [4.69, 9.17) is 23.7 Å². The summed E-state index contributed by atoms with van der Waals surface area (Å²) in [5.41, 5.74) is -0.467. The summed E-state index contributed by atoms with van der Waals surface area (Å²) in [6.45, 7) is 12.3. The Hall–Kier alpha value is -1.18. The Morgan fingerprint density at radius 1 is 0.821 bits per heavy atom. The molecule has 1 unspecified atom stereocenters. The van der Waals surface area contributed by atoms with Crippen LogP contribution in [0.15, 0.2) is 0 Å². The summed E-state index contributed by atoms with van der Waals surface area (Å²) in [5, 5.41) is 0. The summed E-state index contributed by atoms with van der Waals surface area (Å²) in [6, 6.07) is 0. The molecule has 0 aliphatic carbocycles. The van der Waals surface area contributed by atoms with Crippen LogP contribution in [-0.4, -0.2) is 63.8 Å². The number of carbonyl (C=O) groups is 2. The lowest BCUT2D eigenvalue weighted by Crippen LogP contribution is -2.24. The van der Waals surface area contributed by atoms with Gasteiger partial charge in [-0.15, -0.1) is 0 Å². The monoisotopic (exact) mass is 404 g/mol. The van der Waals surface area contributed by atoms with Crippen LogP contribution in [-0.2, 0) is 33.3 Å². The van der Waals surface area contributed by atoms with Crippen molar-refractivity contribution in [2.75, 3.05) is 46.2 Å². The summed E-state index contributed by atoms with van der Waals surface area (Å²) < 4.78 is 26.5. The van der Waals surface area contributed by atoms with Crippen LogP contribution in [0.4, 0.5) is 0 Å². The molecule has 0 bridgehead atoms. The molecule has 0 saturated heterocycles. The highest BCUT2D eigenvalue weighted by molar-refractivity contribution is 5.72. The lowest BCUT2D eigenvalue weighted by atomic mass is 10.00. The highest BCUT2D eigenvalue weighted by Gasteiger charge is 2.17. The molecule has 7 heteroatoms. The van der Waals surface area contributed by atoms with E-state index < -0.39 is 5.60 Å².